The summed E-state index contributed by atoms with van der Waals surface area (Å²) in [5, 5.41) is 0. The number of amides is 1. The molecule has 142 valence electrons. The minimum atomic E-state index is 0.0643. The first kappa shape index (κ1) is 17.7. The molecule has 1 fully saturated rings. The van der Waals surface area contributed by atoms with Gasteiger partial charge in [0.15, 0.2) is 11.5 Å². The second kappa shape index (κ2) is 7.91. The monoisotopic (exact) mass is 367 g/mol. The molecule has 1 unspecified atom stereocenters. The smallest absolute Gasteiger partial charge is 0.254 e. The highest BCUT2D eigenvalue weighted by molar-refractivity contribution is 5.94. The summed E-state index contributed by atoms with van der Waals surface area (Å²) in [6, 6.07) is 13.5. The molecule has 5 nitrogen and oxygen atoms in total. The molecule has 0 aromatic heterocycles. The molecule has 2 aromatic carbocycles. The summed E-state index contributed by atoms with van der Waals surface area (Å²) in [5.41, 5.74) is 1.80. The maximum Gasteiger partial charge on any atom is 0.254 e. The molecule has 0 saturated carbocycles. The molecule has 0 spiro atoms. The van der Waals surface area contributed by atoms with E-state index in [1.54, 1.807) is 0 Å². The van der Waals surface area contributed by atoms with Gasteiger partial charge in [0.1, 0.15) is 19.0 Å². The second-order valence-corrected chi connectivity index (χ2v) is 6.93. The van der Waals surface area contributed by atoms with Crippen molar-refractivity contribution in [3.63, 3.8) is 0 Å². The van der Waals surface area contributed by atoms with Crippen LogP contribution in [0.4, 0.5) is 0 Å². The van der Waals surface area contributed by atoms with E-state index in [4.69, 9.17) is 14.2 Å². The predicted molar refractivity (Wildman–Crippen MR) is 103 cm³/mol. The highest BCUT2D eigenvalue weighted by atomic mass is 16.6. The third-order valence-corrected chi connectivity index (χ3v) is 5.04. The third-order valence-electron chi connectivity index (χ3n) is 5.04. The van der Waals surface area contributed by atoms with Crippen molar-refractivity contribution >= 4 is 5.91 Å². The van der Waals surface area contributed by atoms with Crippen molar-refractivity contribution in [1.29, 1.82) is 0 Å². The average Bonchev–Trinajstić information content (AvgIpc) is 3.21. The Balaban J connectivity index is 1.51. The Labute approximate surface area is 159 Å². The van der Waals surface area contributed by atoms with E-state index >= 15 is 0 Å². The van der Waals surface area contributed by atoms with Crippen molar-refractivity contribution in [2.75, 3.05) is 26.4 Å². The Morgan fingerprint density at radius 1 is 1.11 bits per heavy atom. The van der Waals surface area contributed by atoms with E-state index < -0.39 is 0 Å². The van der Waals surface area contributed by atoms with Crippen molar-refractivity contribution in [2.24, 2.45) is 0 Å². The maximum atomic E-state index is 13.1. The quantitative estimate of drug-likeness (QED) is 0.794. The molecule has 2 heterocycles. The molecule has 5 heteroatoms. The topological polar surface area (TPSA) is 48.0 Å². The maximum absolute atomic E-state index is 13.1. The number of ether oxygens (including phenoxy) is 3. The second-order valence-electron chi connectivity index (χ2n) is 6.93. The molecule has 2 aliphatic heterocycles. The van der Waals surface area contributed by atoms with Crippen LogP contribution in [0, 0.1) is 0 Å². The molecule has 2 aromatic rings. The molecule has 27 heavy (non-hydrogen) atoms. The number of hydrogen-bond acceptors (Lipinski definition) is 4. The lowest BCUT2D eigenvalue weighted by Crippen LogP contribution is -2.30. The summed E-state index contributed by atoms with van der Waals surface area (Å²) in [6.45, 7) is 4.68. The number of carbonyl (C=O) groups excluding carboxylic acids is 1. The average molecular weight is 367 g/mol. The zero-order chi connectivity index (χ0) is 18.6. The van der Waals surface area contributed by atoms with E-state index in [0.717, 1.165) is 48.6 Å². The van der Waals surface area contributed by atoms with Crippen molar-refractivity contribution in [2.45, 2.75) is 32.2 Å². The molecule has 1 saturated heterocycles. The molecule has 0 N–H and O–H groups in total. The minimum absolute atomic E-state index is 0.0643. The number of carbonyl (C=O) groups is 1. The zero-order valence-corrected chi connectivity index (χ0v) is 15.6. The Morgan fingerprint density at radius 3 is 2.67 bits per heavy atom. The van der Waals surface area contributed by atoms with Crippen LogP contribution in [0.25, 0.3) is 0 Å². The molecule has 2 aliphatic rings. The van der Waals surface area contributed by atoms with Gasteiger partial charge >= 0.3 is 0 Å². The van der Waals surface area contributed by atoms with Gasteiger partial charge in [-0.2, -0.15) is 0 Å². The van der Waals surface area contributed by atoms with Gasteiger partial charge in [-0.15, -0.1) is 0 Å². The number of benzene rings is 2. The Hall–Kier alpha value is -2.69. The van der Waals surface area contributed by atoms with Crippen molar-refractivity contribution < 1.29 is 19.0 Å². The van der Waals surface area contributed by atoms with E-state index in [-0.39, 0.29) is 11.9 Å². The van der Waals surface area contributed by atoms with Crippen LogP contribution in [-0.2, 0) is 0 Å². The summed E-state index contributed by atoms with van der Waals surface area (Å²) in [5.74, 6) is 2.42. The SMILES string of the molecule is CCCOc1ccc(C(=O)N2CCCC2c2ccc3c(c2)OCCO3)cc1. The fourth-order valence-electron chi connectivity index (χ4n) is 3.70. The lowest BCUT2D eigenvalue weighted by atomic mass is 10.0. The standard InChI is InChI=1S/C22H25NO4/c1-2-12-25-18-8-5-16(6-9-18)22(24)23-11-3-4-19(23)17-7-10-20-21(15-17)27-14-13-26-20/h5-10,15,19H,2-4,11-14H2,1H3. The number of rotatable bonds is 5. The zero-order valence-electron chi connectivity index (χ0n) is 15.6. The van der Waals surface area contributed by atoms with E-state index in [1.165, 1.54) is 0 Å². The van der Waals surface area contributed by atoms with Crippen LogP contribution in [0.3, 0.4) is 0 Å². The van der Waals surface area contributed by atoms with Gasteiger partial charge in [-0.25, -0.2) is 0 Å². The van der Waals surface area contributed by atoms with Crippen LogP contribution in [0.2, 0.25) is 0 Å². The fourth-order valence-corrected chi connectivity index (χ4v) is 3.70. The van der Waals surface area contributed by atoms with Crippen LogP contribution in [0.1, 0.15) is 48.1 Å². The Bertz CT molecular complexity index is 802. The first-order valence-electron chi connectivity index (χ1n) is 9.69. The van der Waals surface area contributed by atoms with Gasteiger partial charge in [0.05, 0.1) is 12.6 Å². The van der Waals surface area contributed by atoms with E-state index in [2.05, 4.69) is 6.92 Å². The van der Waals surface area contributed by atoms with Gasteiger partial charge in [-0.3, -0.25) is 4.79 Å². The van der Waals surface area contributed by atoms with E-state index in [1.807, 2.05) is 47.4 Å². The number of fused-ring (bicyclic) bond motifs is 1. The number of likely N-dealkylation sites (tertiary alicyclic amines) is 1. The molecule has 1 atom stereocenters. The number of hydrogen-bond donors (Lipinski definition) is 0. The molecular weight excluding hydrogens is 342 g/mol. The normalized spacial score (nSPS) is 18.4. The fraction of sp³-hybridized carbons (Fsp3) is 0.409. The summed E-state index contributed by atoms with van der Waals surface area (Å²) in [6.07, 6.45) is 2.93. The van der Waals surface area contributed by atoms with Crippen LogP contribution < -0.4 is 14.2 Å². The van der Waals surface area contributed by atoms with Gasteiger partial charge in [-0.05, 0) is 61.2 Å². The van der Waals surface area contributed by atoms with E-state index in [0.29, 0.717) is 25.4 Å². The van der Waals surface area contributed by atoms with Crippen LogP contribution >= 0.6 is 0 Å². The molecule has 0 bridgehead atoms. The number of nitrogens with zero attached hydrogens (tertiary/aromatic N) is 1. The largest absolute Gasteiger partial charge is 0.494 e. The molecule has 4 rings (SSSR count). The highest BCUT2D eigenvalue weighted by Gasteiger charge is 2.31. The van der Waals surface area contributed by atoms with Crippen molar-refractivity contribution in [1.82, 2.24) is 4.90 Å². The molecular formula is C22H25NO4. The first-order chi connectivity index (χ1) is 13.3. The Morgan fingerprint density at radius 2 is 1.89 bits per heavy atom. The summed E-state index contributed by atoms with van der Waals surface area (Å²) in [4.78, 5) is 15.0. The summed E-state index contributed by atoms with van der Waals surface area (Å²) < 4.78 is 16.9. The van der Waals surface area contributed by atoms with Crippen molar-refractivity contribution in [3.05, 3.63) is 53.6 Å². The van der Waals surface area contributed by atoms with Gasteiger partial charge < -0.3 is 19.1 Å². The summed E-state index contributed by atoms with van der Waals surface area (Å²) >= 11 is 0. The lowest BCUT2D eigenvalue weighted by Gasteiger charge is -2.27. The van der Waals surface area contributed by atoms with Gasteiger partial charge in [0.2, 0.25) is 0 Å². The molecule has 0 aliphatic carbocycles. The molecule has 0 radical (unpaired) electrons. The Kier molecular flexibility index (Phi) is 5.19. The third kappa shape index (κ3) is 3.72. The van der Waals surface area contributed by atoms with Gasteiger partial charge in [-0.1, -0.05) is 13.0 Å². The van der Waals surface area contributed by atoms with Crippen molar-refractivity contribution in [3.8, 4) is 17.2 Å². The van der Waals surface area contributed by atoms with Gasteiger partial charge in [0.25, 0.3) is 5.91 Å². The van der Waals surface area contributed by atoms with Crippen LogP contribution in [-0.4, -0.2) is 37.2 Å². The van der Waals surface area contributed by atoms with Crippen LogP contribution in [0.15, 0.2) is 42.5 Å². The van der Waals surface area contributed by atoms with Crippen LogP contribution in [0.5, 0.6) is 17.2 Å². The summed E-state index contributed by atoms with van der Waals surface area (Å²) in [7, 11) is 0. The minimum Gasteiger partial charge on any atom is -0.494 e. The highest BCUT2D eigenvalue weighted by Crippen LogP contribution is 2.38. The predicted octanol–water partition coefficient (Wildman–Crippen LogP) is 4.22. The molecule has 1 amide bonds. The van der Waals surface area contributed by atoms with Gasteiger partial charge in [0, 0.05) is 12.1 Å². The van der Waals surface area contributed by atoms with E-state index in [9.17, 15) is 4.79 Å². The first-order valence-corrected chi connectivity index (χ1v) is 9.69. The lowest BCUT2D eigenvalue weighted by molar-refractivity contribution is 0.0735.